The molecule has 35 heavy (non-hydrogen) atoms. The highest BCUT2D eigenvalue weighted by atomic mass is 16.1. The number of fused-ring (bicyclic) bond motifs is 2. The summed E-state index contributed by atoms with van der Waals surface area (Å²) in [5.74, 6) is 2.98. The number of hydrogen-bond acceptors (Lipinski definition) is 5. The van der Waals surface area contributed by atoms with Crippen molar-refractivity contribution in [3.8, 4) is 0 Å². The second-order valence-electron chi connectivity index (χ2n) is 11.3. The first kappa shape index (κ1) is 24.4. The number of carbonyl (C=O) groups excluding carboxylic acids is 1. The maximum atomic E-state index is 13.1. The predicted octanol–water partition coefficient (Wildman–Crippen LogP) is 5.10. The quantitative estimate of drug-likeness (QED) is 0.571. The number of pyridine rings is 1. The van der Waals surface area contributed by atoms with Crippen LogP contribution in [0.25, 0.3) is 0 Å². The fraction of sp³-hybridized carbons (Fsp3) is 0.714. The van der Waals surface area contributed by atoms with Gasteiger partial charge in [0.2, 0.25) is 5.91 Å². The molecule has 190 valence electrons. The molecular weight excluding hydrogens is 436 g/mol. The van der Waals surface area contributed by atoms with Crippen LogP contribution < -0.4 is 5.32 Å². The second-order valence-corrected chi connectivity index (χ2v) is 11.3. The lowest BCUT2D eigenvalue weighted by atomic mass is 9.88. The summed E-state index contributed by atoms with van der Waals surface area (Å²) in [6.45, 7) is 7.54. The van der Waals surface area contributed by atoms with Crippen LogP contribution in [0.2, 0.25) is 0 Å². The Morgan fingerprint density at radius 2 is 1.80 bits per heavy atom. The van der Waals surface area contributed by atoms with Gasteiger partial charge < -0.3 is 9.88 Å². The molecule has 0 spiro atoms. The van der Waals surface area contributed by atoms with Crippen molar-refractivity contribution in [2.75, 3.05) is 6.54 Å². The standard InChI is InChI=1S/C28H42N6O/c1-19(2)27-32-31-20(3)34(27)25-16-23-11-12-24(17-25)33(23)15-13-26(22-10-7-14-29-18-22)30-28(35)21-8-5-4-6-9-21/h7,10,14,18-19,21,23-26H,4-6,8-9,11-13,15-17H2,1-3H3,(H,30,35)/t23-,24+,25-,26-/m0/s1. The number of hydrogen-bond donors (Lipinski definition) is 1. The Bertz CT molecular complexity index is 969. The molecule has 1 amide bonds. The average Bonchev–Trinajstić information content (AvgIpc) is 3.38. The van der Waals surface area contributed by atoms with E-state index in [4.69, 9.17) is 0 Å². The van der Waals surface area contributed by atoms with Crippen LogP contribution in [0.1, 0.15) is 113 Å². The van der Waals surface area contributed by atoms with Crippen molar-refractivity contribution in [2.45, 2.75) is 115 Å². The van der Waals surface area contributed by atoms with Gasteiger partial charge in [-0.25, -0.2) is 0 Å². The summed E-state index contributed by atoms with van der Waals surface area (Å²) in [6.07, 6.45) is 15.2. The number of nitrogens with one attached hydrogen (secondary N) is 1. The summed E-state index contributed by atoms with van der Waals surface area (Å²) >= 11 is 0. The third kappa shape index (κ3) is 5.30. The molecule has 1 N–H and O–H groups in total. The molecule has 0 unspecified atom stereocenters. The number of nitrogens with zero attached hydrogens (tertiary/aromatic N) is 5. The Morgan fingerprint density at radius 1 is 1.06 bits per heavy atom. The Morgan fingerprint density at radius 3 is 2.46 bits per heavy atom. The maximum absolute atomic E-state index is 13.1. The molecule has 1 aliphatic carbocycles. The van der Waals surface area contributed by atoms with E-state index in [0.717, 1.165) is 43.0 Å². The molecular formula is C28H42N6O. The second kappa shape index (κ2) is 10.8. The number of aryl methyl sites for hydroxylation is 1. The molecule has 2 aromatic heterocycles. The zero-order valence-corrected chi connectivity index (χ0v) is 21.7. The monoisotopic (exact) mass is 478 g/mol. The summed E-state index contributed by atoms with van der Waals surface area (Å²) in [7, 11) is 0. The van der Waals surface area contributed by atoms with Crippen molar-refractivity contribution in [3.63, 3.8) is 0 Å². The maximum Gasteiger partial charge on any atom is 0.223 e. The van der Waals surface area contributed by atoms with E-state index in [9.17, 15) is 4.79 Å². The summed E-state index contributed by atoms with van der Waals surface area (Å²) in [5, 5.41) is 12.3. The number of rotatable bonds is 8. The zero-order chi connectivity index (χ0) is 24.4. The molecule has 2 saturated heterocycles. The van der Waals surface area contributed by atoms with Gasteiger partial charge in [0.15, 0.2) is 0 Å². The van der Waals surface area contributed by atoms with Crippen LogP contribution in [0.5, 0.6) is 0 Å². The van der Waals surface area contributed by atoms with Gasteiger partial charge in [-0.05, 0) is 63.5 Å². The number of amides is 1. The van der Waals surface area contributed by atoms with Gasteiger partial charge in [-0.3, -0.25) is 14.7 Å². The largest absolute Gasteiger partial charge is 0.349 e. The Hall–Kier alpha value is -2.28. The Kier molecular flexibility index (Phi) is 7.51. The molecule has 2 aliphatic heterocycles. The number of carbonyl (C=O) groups is 1. The van der Waals surface area contributed by atoms with Crippen LogP contribution in [0.15, 0.2) is 24.5 Å². The molecule has 7 nitrogen and oxygen atoms in total. The molecule has 1 saturated carbocycles. The highest BCUT2D eigenvalue weighted by molar-refractivity contribution is 5.79. The van der Waals surface area contributed by atoms with Gasteiger partial charge in [0.05, 0.1) is 6.04 Å². The molecule has 3 aliphatic rings. The first-order valence-corrected chi connectivity index (χ1v) is 13.9. The van der Waals surface area contributed by atoms with E-state index in [0.29, 0.717) is 24.0 Å². The van der Waals surface area contributed by atoms with Gasteiger partial charge in [0.1, 0.15) is 11.6 Å². The molecule has 4 heterocycles. The van der Waals surface area contributed by atoms with Crippen molar-refractivity contribution < 1.29 is 4.79 Å². The summed E-state index contributed by atoms with van der Waals surface area (Å²) < 4.78 is 2.43. The third-order valence-corrected chi connectivity index (χ3v) is 8.69. The van der Waals surface area contributed by atoms with E-state index in [1.165, 1.54) is 44.9 Å². The lowest BCUT2D eigenvalue weighted by molar-refractivity contribution is -0.126. The van der Waals surface area contributed by atoms with Gasteiger partial charge in [-0.15, -0.1) is 10.2 Å². The van der Waals surface area contributed by atoms with Crippen LogP contribution in [0, 0.1) is 12.8 Å². The van der Waals surface area contributed by atoms with E-state index in [2.05, 4.69) is 56.8 Å². The lowest BCUT2D eigenvalue weighted by Crippen LogP contribution is -2.45. The molecule has 4 atom stereocenters. The van der Waals surface area contributed by atoms with E-state index in [1.54, 1.807) is 0 Å². The first-order chi connectivity index (χ1) is 17.0. The van der Waals surface area contributed by atoms with Crippen molar-refractivity contribution in [1.29, 1.82) is 0 Å². The van der Waals surface area contributed by atoms with Gasteiger partial charge in [0, 0.05) is 48.9 Å². The third-order valence-electron chi connectivity index (χ3n) is 8.69. The van der Waals surface area contributed by atoms with E-state index >= 15 is 0 Å². The molecule has 5 rings (SSSR count). The van der Waals surface area contributed by atoms with Crippen LogP contribution in [0.3, 0.4) is 0 Å². The SMILES string of the molecule is Cc1nnc(C(C)C)n1[C@@H]1C[C@H]2CC[C@@H](C1)N2CC[C@H](NC(=O)C1CCCCC1)c1cccnc1. The molecule has 7 heteroatoms. The van der Waals surface area contributed by atoms with E-state index in [1.807, 2.05) is 18.5 Å². The fourth-order valence-electron chi connectivity index (χ4n) is 6.89. The van der Waals surface area contributed by atoms with Crippen LogP contribution >= 0.6 is 0 Å². The minimum absolute atomic E-state index is 0.0305. The number of aromatic nitrogens is 4. The summed E-state index contributed by atoms with van der Waals surface area (Å²) in [5.41, 5.74) is 1.13. The normalized spacial score (nSPS) is 26.2. The minimum atomic E-state index is 0.0305. The van der Waals surface area contributed by atoms with Crippen molar-refractivity contribution >= 4 is 5.91 Å². The molecule has 0 radical (unpaired) electrons. The predicted molar refractivity (Wildman–Crippen MR) is 137 cm³/mol. The Labute approximate surface area is 210 Å². The van der Waals surface area contributed by atoms with Gasteiger partial charge in [-0.2, -0.15) is 0 Å². The van der Waals surface area contributed by atoms with Gasteiger partial charge in [0.25, 0.3) is 0 Å². The van der Waals surface area contributed by atoms with Crippen molar-refractivity contribution in [3.05, 3.63) is 41.7 Å². The highest BCUT2D eigenvalue weighted by Crippen LogP contribution is 2.42. The fourth-order valence-corrected chi connectivity index (χ4v) is 6.89. The van der Waals surface area contributed by atoms with Crippen LogP contribution in [-0.4, -0.2) is 49.2 Å². The zero-order valence-electron chi connectivity index (χ0n) is 21.7. The summed E-state index contributed by atoms with van der Waals surface area (Å²) in [4.78, 5) is 20.2. The lowest BCUT2D eigenvalue weighted by Gasteiger charge is -2.40. The molecule has 2 aromatic rings. The van der Waals surface area contributed by atoms with E-state index < -0.39 is 0 Å². The first-order valence-electron chi connectivity index (χ1n) is 13.9. The summed E-state index contributed by atoms with van der Waals surface area (Å²) in [6, 6.07) is 5.83. The van der Waals surface area contributed by atoms with Gasteiger partial charge >= 0.3 is 0 Å². The van der Waals surface area contributed by atoms with E-state index in [-0.39, 0.29) is 17.9 Å². The molecule has 2 bridgehead atoms. The smallest absolute Gasteiger partial charge is 0.223 e. The van der Waals surface area contributed by atoms with Crippen molar-refractivity contribution in [1.82, 2.24) is 30.0 Å². The van der Waals surface area contributed by atoms with Gasteiger partial charge in [-0.1, -0.05) is 39.2 Å². The Balaban J connectivity index is 1.25. The molecule has 0 aromatic carbocycles. The minimum Gasteiger partial charge on any atom is -0.349 e. The number of piperidine rings is 1. The average molecular weight is 479 g/mol. The van der Waals surface area contributed by atoms with Crippen LogP contribution in [-0.2, 0) is 4.79 Å². The van der Waals surface area contributed by atoms with Crippen molar-refractivity contribution in [2.24, 2.45) is 5.92 Å². The topological polar surface area (TPSA) is 75.9 Å². The van der Waals surface area contributed by atoms with Crippen LogP contribution in [0.4, 0.5) is 0 Å². The molecule has 3 fully saturated rings. The highest BCUT2D eigenvalue weighted by Gasteiger charge is 2.42.